The van der Waals surface area contributed by atoms with Crippen LogP contribution >= 0.6 is 0 Å². The molecule has 1 atom stereocenters. The van der Waals surface area contributed by atoms with Crippen LogP contribution in [0.25, 0.3) is 0 Å². The van der Waals surface area contributed by atoms with Crippen LogP contribution in [0.3, 0.4) is 0 Å². The molecular formula is C18H27NO. The normalized spacial score (nSPS) is 12.2. The van der Waals surface area contributed by atoms with Gasteiger partial charge in [-0.15, -0.1) is 6.42 Å². The third-order valence-corrected chi connectivity index (χ3v) is 3.55. The topological polar surface area (TPSA) is 12.5 Å². The molecule has 1 rings (SSSR count). The highest BCUT2D eigenvalue weighted by atomic mass is 16.5. The lowest BCUT2D eigenvalue weighted by molar-refractivity contribution is 0.230. The molecule has 1 unspecified atom stereocenters. The van der Waals surface area contributed by atoms with Gasteiger partial charge in [0.25, 0.3) is 0 Å². The lowest BCUT2D eigenvalue weighted by Crippen LogP contribution is -2.30. The zero-order chi connectivity index (χ0) is 14.8. The highest BCUT2D eigenvalue weighted by Crippen LogP contribution is 2.23. The first-order valence-electron chi connectivity index (χ1n) is 7.60. The van der Waals surface area contributed by atoms with E-state index in [-0.39, 0.29) is 6.04 Å². The summed E-state index contributed by atoms with van der Waals surface area (Å²) in [5, 5.41) is 0. The lowest BCUT2D eigenvalue weighted by Gasteiger charge is -2.28. The number of rotatable bonds is 9. The molecule has 0 saturated carbocycles. The highest BCUT2D eigenvalue weighted by Gasteiger charge is 2.17. The van der Waals surface area contributed by atoms with Gasteiger partial charge < -0.3 is 4.74 Å². The van der Waals surface area contributed by atoms with Crippen molar-refractivity contribution in [1.29, 1.82) is 0 Å². The lowest BCUT2D eigenvalue weighted by atomic mass is 10.0. The largest absolute Gasteiger partial charge is 0.497 e. The van der Waals surface area contributed by atoms with Crippen LogP contribution in [0.2, 0.25) is 0 Å². The van der Waals surface area contributed by atoms with Crippen molar-refractivity contribution in [2.45, 2.75) is 45.6 Å². The maximum atomic E-state index is 5.80. The number of terminal acetylenes is 1. The Labute approximate surface area is 124 Å². The number of benzene rings is 1. The summed E-state index contributed by atoms with van der Waals surface area (Å²) in [6.45, 7) is 6.57. The standard InChI is InChI=1S/C18H27NO/c1-5-8-14-19(15-9-6-2)18(7-3)16-10-12-17(20-4)13-11-16/h3,10-13,18H,5-6,8-9,14-15H2,1-2,4H3. The number of unbranched alkanes of at least 4 members (excludes halogenated alkanes) is 2. The molecule has 0 bridgehead atoms. The summed E-state index contributed by atoms with van der Waals surface area (Å²) in [5.74, 6) is 3.83. The van der Waals surface area contributed by atoms with E-state index in [4.69, 9.17) is 11.2 Å². The Morgan fingerprint density at radius 2 is 1.65 bits per heavy atom. The summed E-state index contributed by atoms with van der Waals surface area (Å²) in [4.78, 5) is 2.43. The number of methoxy groups -OCH3 is 1. The second kappa shape index (κ2) is 9.44. The van der Waals surface area contributed by atoms with Crippen molar-refractivity contribution in [1.82, 2.24) is 4.90 Å². The maximum absolute atomic E-state index is 5.80. The van der Waals surface area contributed by atoms with E-state index >= 15 is 0 Å². The average molecular weight is 273 g/mol. The SMILES string of the molecule is C#CC(c1ccc(OC)cc1)N(CCCC)CCCC. The van der Waals surface area contributed by atoms with Crippen LogP contribution in [-0.4, -0.2) is 25.1 Å². The van der Waals surface area contributed by atoms with E-state index in [1.165, 1.54) is 31.2 Å². The third kappa shape index (κ3) is 4.90. The summed E-state index contributed by atoms with van der Waals surface area (Å²) >= 11 is 0. The predicted octanol–water partition coefficient (Wildman–Crippen LogP) is 4.27. The molecule has 0 N–H and O–H groups in total. The summed E-state index contributed by atoms with van der Waals surface area (Å²) in [6, 6.07) is 8.19. The smallest absolute Gasteiger partial charge is 0.118 e. The molecule has 0 radical (unpaired) electrons. The van der Waals surface area contributed by atoms with Gasteiger partial charge in [-0.25, -0.2) is 0 Å². The molecule has 2 heteroatoms. The van der Waals surface area contributed by atoms with Crippen molar-refractivity contribution >= 4 is 0 Å². The zero-order valence-electron chi connectivity index (χ0n) is 13.1. The fraction of sp³-hybridized carbons (Fsp3) is 0.556. The Hall–Kier alpha value is -1.46. The minimum Gasteiger partial charge on any atom is -0.497 e. The van der Waals surface area contributed by atoms with Crippen molar-refractivity contribution in [3.8, 4) is 18.1 Å². The van der Waals surface area contributed by atoms with Crippen LogP contribution in [-0.2, 0) is 0 Å². The first-order valence-corrected chi connectivity index (χ1v) is 7.60. The molecule has 20 heavy (non-hydrogen) atoms. The second-order valence-electron chi connectivity index (χ2n) is 5.09. The molecule has 2 nitrogen and oxygen atoms in total. The molecule has 0 aliphatic rings. The Balaban J connectivity index is 2.83. The van der Waals surface area contributed by atoms with Crippen LogP contribution in [0.15, 0.2) is 24.3 Å². The van der Waals surface area contributed by atoms with Gasteiger partial charge in [-0.05, 0) is 43.6 Å². The van der Waals surface area contributed by atoms with Crippen molar-refractivity contribution < 1.29 is 4.74 Å². The molecule has 110 valence electrons. The first kappa shape index (κ1) is 16.6. The van der Waals surface area contributed by atoms with E-state index in [0.29, 0.717) is 0 Å². The van der Waals surface area contributed by atoms with Gasteiger partial charge in [0.15, 0.2) is 0 Å². The fourth-order valence-electron chi connectivity index (χ4n) is 2.29. The van der Waals surface area contributed by atoms with Gasteiger partial charge >= 0.3 is 0 Å². The molecule has 0 heterocycles. The van der Waals surface area contributed by atoms with Gasteiger partial charge in [0.05, 0.1) is 13.2 Å². The monoisotopic (exact) mass is 273 g/mol. The maximum Gasteiger partial charge on any atom is 0.118 e. The van der Waals surface area contributed by atoms with E-state index in [0.717, 1.165) is 18.8 Å². The predicted molar refractivity (Wildman–Crippen MR) is 86.0 cm³/mol. The molecule has 0 fully saturated rings. The minimum absolute atomic E-state index is 0.0685. The Kier molecular flexibility index (Phi) is 7.84. The fourth-order valence-corrected chi connectivity index (χ4v) is 2.29. The molecule has 1 aromatic rings. The van der Waals surface area contributed by atoms with Gasteiger partial charge in [0, 0.05) is 0 Å². The Bertz CT molecular complexity index is 396. The van der Waals surface area contributed by atoms with Crippen molar-refractivity contribution in [2.75, 3.05) is 20.2 Å². The van der Waals surface area contributed by atoms with Crippen LogP contribution in [0.1, 0.15) is 51.1 Å². The van der Waals surface area contributed by atoms with E-state index in [1.54, 1.807) is 7.11 Å². The summed E-state index contributed by atoms with van der Waals surface area (Å²) in [6.07, 6.45) is 10.6. The quantitative estimate of drug-likeness (QED) is 0.623. The van der Waals surface area contributed by atoms with Crippen molar-refractivity contribution in [2.24, 2.45) is 0 Å². The number of ether oxygens (including phenoxy) is 1. The van der Waals surface area contributed by atoms with E-state index in [1.807, 2.05) is 12.1 Å². The molecule has 1 aromatic carbocycles. The summed E-state index contributed by atoms with van der Waals surface area (Å²) in [5.41, 5.74) is 1.18. The number of hydrogen-bond acceptors (Lipinski definition) is 2. The molecule has 0 aliphatic heterocycles. The van der Waals surface area contributed by atoms with E-state index in [9.17, 15) is 0 Å². The van der Waals surface area contributed by atoms with Crippen LogP contribution in [0.5, 0.6) is 5.75 Å². The van der Waals surface area contributed by atoms with Crippen molar-refractivity contribution in [3.05, 3.63) is 29.8 Å². The van der Waals surface area contributed by atoms with E-state index < -0.39 is 0 Å². The summed E-state index contributed by atoms with van der Waals surface area (Å²) < 4.78 is 5.21. The van der Waals surface area contributed by atoms with Crippen LogP contribution < -0.4 is 4.74 Å². The van der Waals surface area contributed by atoms with Gasteiger partial charge in [0.2, 0.25) is 0 Å². The average Bonchev–Trinajstić information content (AvgIpc) is 2.50. The van der Waals surface area contributed by atoms with Crippen LogP contribution in [0.4, 0.5) is 0 Å². The molecule has 0 aliphatic carbocycles. The number of nitrogens with zero attached hydrogens (tertiary/aromatic N) is 1. The molecular weight excluding hydrogens is 246 g/mol. The minimum atomic E-state index is 0.0685. The van der Waals surface area contributed by atoms with Gasteiger partial charge in [0.1, 0.15) is 5.75 Å². The summed E-state index contributed by atoms with van der Waals surface area (Å²) in [7, 11) is 1.68. The van der Waals surface area contributed by atoms with E-state index in [2.05, 4.69) is 36.8 Å². The molecule has 0 saturated heterocycles. The van der Waals surface area contributed by atoms with Gasteiger partial charge in [-0.3, -0.25) is 4.90 Å². The Morgan fingerprint density at radius 3 is 2.05 bits per heavy atom. The number of hydrogen-bond donors (Lipinski definition) is 0. The second-order valence-corrected chi connectivity index (χ2v) is 5.09. The molecule has 0 amide bonds. The Morgan fingerprint density at radius 1 is 1.10 bits per heavy atom. The zero-order valence-corrected chi connectivity index (χ0v) is 13.1. The van der Waals surface area contributed by atoms with Gasteiger partial charge in [-0.1, -0.05) is 44.7 Å². The highest BCUT2D eigenvalue weighted by molar-refractivity contribution is 5.32. The van der Waals surface area contributed by atoms with Gasteiger partial charge in [-0.2, -0.15) is 0 Å². The third-order valence-electron chi connectivity index (χ3n) is 3.55. The molecule has 0 spiro atoms. The van der Waals surface area contributed by atoms with Crippen molar-refractivity contribution in [3.63, 3.8) is 0 Å². The molecule has 0 aromatic heterocycles. The first-order chi connectivity index (χ1) is 9.76. The van der Waals surface area contributed by atoms with Crippen LogP contribution in [0, 0.1) is 12.3 Å².